The Labute approximate surface area is 121 Å². The van der Waals surface area contributed by atoms with Crippen molar-refractivity contribution in [2.45, 2.75) is 41.0 Å². The molecule has 114 valence electrons. The Balaban J connectivity index is 2.93. The van der Waals surface area contributed by atoms with Crippen molar-refractivity contribution in [3.63, 3.8) is 0 Å². The first-order valence-corrected chi connectivity index (χ1v) is 7.17. The van der Waals surface area contributed by atoms with Gasteiger partial charge in [-0.3, -0.25) is 5.43 Å². The predicted octanol–water partition coefficient (Wildman–Crippen LogP) is 1.85. The van der Waals surface area contributed by atoms with Gasteiger partial charge in [0, 0.05) is 19.6 Å². The van der Waals surface area contributed by atoms with Crippen LogP contribution in [0.15, 0.2) is 0 Å². The molecule has 0 saturated heterocycles. The smallest absolute Gasteiger partial charge is 0.243 e. The molecule has 0 bridgehead atoms. The average molecular weight is 281 g/mol. The van der Waals surface area contributed by atoms with Crippen molar-refractivity contribution in [1.82, 2.24) is 15.0 Å². The zero-order valence-electron chi connectivity index (χ0n) is 13.2. The van der Waals surface area contributed by atoms with Crippen molar-refractivity contribution in [2.24, 2.45) is 11.3 Å². The fraction of sp³-hybridized carbons (Fsp3) is 0.769. The van der Waals surface area contributed by atoms with Gasteiger partial charge >= 0.3 is 0 Å². The number of nitrogens with one attached hydrogen (secondary N) is 2. The molecule has 7 heteroatoms. The van der Waals surface area contributed by atoms with E-state index in [0.29, 0.717) is 17.8 Å². The molecule has 0 saturated carbocycles. The lowest BCUT2D eigenvalue weighted by atomic mass is 9.90. The molecule has 4 N–H and O–H groups in total. The molecule has 0 aliphatic rings. The van der Waals surface area contributed by atoms with E-state index >= 15 is 0 Å². The number of nitrogens with two attached hydrogens (primary N) is 1. The third kappa shape index (κ3) is 4.48. The highest BCUT2D eigenvalue weighted by Gasteiger charge is 2.16. The number of hydrazine groups is 1. The van der Waals surface area contributed by atoms with Crippen LogP contribution in [0.4, 0.5) is 17.8 Å². The Hall–Kier alpha value is -1.63. The Bertz CT molecular complexity index is 415. The van der Waals surface area contributed by atoms with Crippen molar-refractivity contribution in [3.05, 3.63) is 0 Å². The summed E-state index contributed by atoms with van der Waals surface area (Å²) in [6.07, 6.45) is 1.08. The maximum absolute atomic E-state index is 5.43. The highest BCUT2D eigenvalue weighted by Crippen LogP contribution is 2.20. The monoisotopic (exact) mass is 281 g/mol. The van der Waals surface area contributed by atoms with E-state index in [0.717, 1.165) is 26.1 Å². The van der Waals surface area contributed by atoms with Crippen molar-refractivity contribution in [2.75, 3.05) is 35.3 Å². The number of rotatable bonds is 8. The maximum Gasteiger partial charge on any atom is 0.243 e. The second kappa shape index (κ2) is 7.23. The van der Waals surface area contributed by atoms with Gasteiger partial charge in [-0.15, -0.1) is 0 Å². The van der Waals surface area contributed by atoms with E-state index in [1.165, 1.54) is 0 Å². The molecule has 0 fully saturated rings. The van der Waals surface area contributed by atoms with E-state index in [4.69, 9.17) is 5.84 Å². The summed E-state index contributed by atoms with van der Waals surface area (Å²) in [6.45, 7) is 13.2. The van der Waals surface area contributed by atoms with Crippen LogP contribution in [0.5, 0.6) is 0 Å². The lowest BCUT2D eigenvalue weighted by Crippen LogP contribution is -2.27. The molecule has 1 heterocycles. The number of nitrogen functional groups attached to an aromatic ring is 1. The third-order valence-corrected chi connectivity index (χ3v) is 3.48. The number of nitrogens with zero attached hydrogens (tertiary/aromatic N) is 4. The molecule has 1 rings (SSSR count). The summed E-state index contributed by atoms with van der Waals surface area (Å²) in [5, 5.41) is 3.27. The molecule has 0 aliphatic carbocycles. The van der Waals surface area contributed by atoms with Crippen LogP contribution in [0.3, 0.4) is 0 Å². The Morgan fingerprint density at radius 1 is 1.05 bits per heavy atom. The first-order chi connectivity index (χ1) is 9.45. The van der Waals surface area contributed by atoms with Gasteiger partial charge in [-0.05, 0) is 25.7 Å². The van der Waals surface area contributed by atoms with E-state index in [-0.39, 0.29) is 5.41 Å². The fourth-order valence-electron chi connectivity index (χ4n) is 1.60. The molecule has 0 aliphatic heterocycles. The minimum absolute atomic E-state index is 0.193. The Morgan fingerprint density at radius 2 is 1.65 bits per heavy atom. The van der Waals surface area contributed by atoms with Gasteiger partial charge in [0.1, 0.15) is 0 Å². The summed E-state index contributed by atoms with van der Waals surface area (Å²) in [7, 11) is 0. The fourth-order valence-corrected chi connectivity index (χ4v) is 1.60. The zero-order valence-corrected chi connectivity index (χ0v) is 13.2. The van der Waals surface area contributed by atoms with Gasteiger partial charge in [0.2, 0.25) is 17.8 Å². The summed E-state index contributed by atoms with van der Waals surface area (Å²) in [5.74, 6) is 6.99. The van der Waals surface area contributed by atoms with E-state index in [9.17, 15) is 0 Å². The summed E-state index contributed by atoms with van der Waals surface area (Å²) in [4.78, 5) is 15.0. The molecule has 1 aromatic heterocycles. The van der Waals surface area contributed by atoms with Gasteiger partial charge in [-0.1, -0.05) is 20.8 Å². The molecule has 0 radical (unpaired) electrons. The second-order valence-electron chi connectivity index (χ2n) is 5.47. The number of hydrogen-bond acceptors (Lipinski definition) is 7. The molecule has 0 aromatic carbocycles. The molecular formula is C13H27N7. The predicted molar refractivity (Wildman–Crippen MR) is 83.8 cm³/mol. The first kappa shape index (κ1) is 16.4. The van der Waals surface area contributed by atoms with Crippen LogP contribution in [0.1, 0.15) is 41.0 Å². The molecule has 0 amide bonds. The number of aromatic nitrogens is 3. The average Bonchev–Trinajstić information content (AvgIpc) is 2.46. The summed E-state index contributed by atoms with van der Waals surface area (Å²) in [5.41, 5.74) is 2.69. The second-order valence-corrected chi connectivity index (χ2v) is 5.47. The molecule has 7 nitrogen and oxygen atoms in total. The van der Waals surface area contributed by atoms with Crippen LogP contribution in [-0.2, 0) is 0 Å². The first-order valence-electron chi connectivity index (χ1n) is 7.17. The number of hydrogen-bond donors (Lipinski definition) is 3. The quantitative estimate of drug-likeness (QED) is 0.494. The van der Waals surface area contributed by atoms with E-state index < -0.39 is 0 Å². The summed E-state index contributed by atoms with van der Waals surface area (Å²) >= 11 is 0. The normalized spacial score (nSPS) is 11.3. The molecule has 0 unspecified atom stereocenters. The third-order valence-electron chi connectivity index (χ3n) is 3.48. The van der Waals surface area contributed by atoms with Gasteiger partial charge < -0.3 is 10.2 Å². The van der Waals surface area contributed by atoms with Gasteiger partial charge in [-0.25, -0.2) is 5.84 Å². The van der Waals surface area contributed by atoms with Gasteiger partial charge in [0.15, 0.2) is 0 Å². The number of anilines is 3. The van der Waals surface area contributed by atoms with Gasteiger partial charge in [-0.2, -0.15) is 15.0 Å². The van der Waals surface area contributed by atoms with Crippen molar-refractivity contribution < 1.29 is 0 Å². The van der Waals surface area contributed by atoms with Crippen LogP contribution in [0.2, 0.25) is 0 Å². The Morgan fingerprint density at radius 3 is 2.15 bits per heavy atom. The highest BCUT2D eigenvalue weighted by atomic mass is 15.4. The van der Waals surface area contributed by atoms with Crippen LogP contribution in [-0.4, -0.2) is 34.6 Å². The summed E-state index contributed by atoms with van der Waals surface area (Å²) < 4.78 is 0. The minimum atomic E-state index is 0.193. The van der Waals surface area contributed by atoms with Crippen molar-refractivity contribution in [3.8, 4) is 0 Å². The highest BCUT2D eigenvalue weighted by molar-refractivity contribution is 5.43. The standard InChI is InChI=1S/C13H27N7/c1-6-13(4,5)9-15-10-16-11(19-14)18-12(17-10)20(7-2)8-3/h6-9,14H2,1-5H3,(H2,15,16,17,18,19). The summed E-state index contributed by atoms with van der Waals surface area (Å²) in [6, 6.07) is 0. The van der Waals surface area contributed by atoms with E-state index in [2.05, 4.69) is 65.2 Å². The Kier molecular flexibility index (Phi) is 5.94. The molecule has 1 aromatic rings. The maximum atomic E-state index is 5.43. The molecule has 0 atom stereocenters. The van der Waals surface area contributed by atoms with Crippen LogP contribution in [0, 0.1) is 5.41 Å². The van der Waals surface area contributed by atoms with Gasteiger partial charge in [0.25, 0.3) is 0 Å². The lowest BCUT2D eigenvalue weighted by Gasteiger charge is -2.24. The van der Waals surface area contributed by atoms with Crippen molar-refractivity contribution >= 4 is 17.8 Å². The van der Waals surface area contributed by atoms with Crippen LogP contribution in [0.25, 0.3) is 0 Å². The molecule has 0 spiro atoms. The van der Waals surface area contributed by atoms with E-state index in [1.54, 1.807) is 0 Å². The molecule has 20 heavy (non-hydrogen) atoms. The van der Waals surface area contributed by atoms with Crippen LogP contribution >= 0.6 is 0 Å². The zero-order chi connectivity index (χ0) is 15.2. The SMILES string of the molecule is CCN(CC)c1nc(NN)nc(NCC(C)(C)CC)n1. The lowest BCUT2D eigenvalue weighted by molar-refractivity contribution is 0.376. The largest absolute Gasteiger partial charge is 0.353 e. The van der Waals surface area contributed by atoms with Crippen molar-refractivity contribution in [1.29, 1.82) is 0 Å². The van der Waals surface area contributed by atoms with Crippen LogP contribution < -0.4 is 21.5 Å². The van der Waals surface area contributed by atoms with Gasteiger partial charge in [0.05, 0.1) is 0 Å². The van der Waals surface area contributed by atoms with E-state index in [1.807, 2.05) is 0 Å². The topological polar surface area (TPSA) is 92.0 Å². The molecular weight excluding hydrogens is 254 g/mol. The minimum Gasteiger partial charge on any atom is -0.353 e.